The zero-order chi connectivity index (χ0) is 44.6. The molecule has 2 heterocycles. The van der Waals surface area contributed by atoms with Gasteiger partial charge in [-0.3, -0.25) is 19.0 Å². The van der Waals surface area contributed by atoms with Crippen molar-refractivity contribution in [3.05, 3.63) is 80.1 Å². The number of sulfonamides is 2. The molecule has 2 aromatic heterocycles. The second-order valence-corrected chi connectivity index (χ2v) is 18.4. The summed E-state index contributed by atoms with van der Waals surface area (Å²) in [6.07, 6.45) is 1.75. The van der Waals surface area contributed by atoms with E-state index >= 15 is 0 Å². The molecule has 58 heavy (non-hydrogen) atoms. The number of hydrogen-bond donors (Lipinski definition) is 3. The minimum Gasteiger partial charge on any atom is -0.387 e. The van der Waals surface area contributed by atoms with Crippen LogP contribution in [0.1, 0.15) is 136 Å². The highest BCUT2D eigenvalue weighted by Crippen LogP contribution is 2.38. The van der Waals surface area contributed by atoms with Crippen LogP contribution in [0.4, 0.5) is 10.5 Å². The first kappa shape index (κ1) is 49.3. The molecule has 0 aliphatic heterocycles. The van der Waals surface area contributed by atoms with Crippen molar-refractivity contribution in [2.24, 2.45) is 19.2 Å². The molecule has 4 N–H and O–H groups in total. The summed E-state index contributed by atoms with van der Waals surface area (Å²) in [4.78, 5) is 35.0. The number of anilines is 1. The molecule has 0 saturated heterocycles. The van der Waals surface area contributed by atoms with Crippen LogP contribution in [0.15, 0.2) is 46.5 Å². The topological polar surface area (TPSA) is 238 Å². The number of halogens is 2. The Morgan fingerprint density at radius 3 is 1.38 bits per heavy atom. The van der Waals surface area contributed by atoms with E-state index in [1.165, 1.54) is 32.6 Å². The van der Waals surface area contributed by atoms with Gasteiger partial charge in [-0.25, -0.2) is 23.1 Å². The maximum absolute atomic E-state index is 12.5. The third-order valence-electron chi connectivity index (χ3n) is 8.38. The number of hydrogen-bond acceptors (Lipinski definition) is 11. The fourth-order valence-electron chi connectivity index (χ4n) is 5.49. The average Bonchev–Trinajstić information content (AvgIpc) is 3.69. The number of primary sulfonamides is 1. The van der Waals surface area contributed by atoms with Crippen LogP contribution in [0, 0.1) is 11.5 Å². The second-order valence-electron chi connectivity index (χ2n) is 14.4. The molecule has 0 aliphatic carbocycles. The number of urea groups is 1. The van der Waals surface area contributed by atoms with Gasteiger partial charge in [0.05, 0.1) is 0 Å². The van der Waals surface area contributed by atoms with E-state index in [2.05, 4.69) is 43.2 Å². The zero-order valence-electron chi connectivity index (χ0n) is 34.4. The van der Waals surface area contributed by atoms with Crippen LogP contribution >= 0.6 is 23.2 Å². The summed E-state index contributed by atoms with van der Waals surface area (Å²) in [5.74, 6) is 0.718. The van der Waals surface area contributed by atoms with E-state index in [4.69, 9.17) is 38.3 Å². The van der Waals surface area contributed by atoms with Crippen molar-refractivity contribution >= 4 is 66.5 Å². The predicted molar refractivity (Wildman–Crippen MR) is 223 cm³/mol. The monoisotopic (exact) mass is 880 g/mol. The number of nitrogens with zero attached hydrogens (tertiary/aromatic N) is 5. The van der Waals surface area contributed by atoms with Gasteiger partial charge in [-0.1, -0.05) is 78.6 Å². The SMILES string of the molecule is CC(=O)c1cc(S(=O)(=O)NC(=O)Nc2c(C(C)C)cc(Cl)cc2C(C)C)nn1C.CC(=O)c1cc(S(N)(=O)=O)nn1C.CC(C)c1cc(Cl)cc(C(C)C)c1OC#N. The molecule has 0 atom stereocenters. The quantitative estimate of drug-likeness (QED) is 0.0972. The van der Waals surface area contributed by atoms with Crippen molar-refractivity contribution < 1.29 is 36.0 Å². The molecule has 4 rings (SSSR count). The fraction of sp³-hybridized carbons (Fsp3) is 0.421. The highest BCUT2D eigenvalue weighted by atomic mass is 35.5. The molecular formula is C38H50Cl2N8O8S2. The highest BCUT2D eigenvalue weighted by Gasteiger charge is 2.25. The molecule has 316 valence electrons. The van der Waals surface area contributed by atoms with E-state index < -0.39 is 31.1 Å². The Hall–Kier alpha value is -4.80. The standard InChI is InChI=1S/C19H25ClN4O4S.C13H16ClNO.C6H9N3O3S/c1-10(2)14-7-13(20)8-15(11(3)4)18(14)21-19(26)23-29(27,28)17-9-16(12(5)25)24(6)22-17;1-8(2)11-5-10(14)6-12(9(3)4)13(11)16-7-15;1-4(10)5-3-6(8-9(5)2)13(7,11)12/h7-11H,1-6H3,(H2,21,23,26);5-6,8-9H,1-4H3;3H,1-2H3,(H2,7,11,12). The number of benzene rings is 2. The molecule has 0 bridgehead atoms. The number of carbonyl (C=O) groups is 3. The number of ether oxygens (including phenoxy) is 1. The van der Waals surface area contributed by atoms with Crippen LogP contribution in [-0.4, -0.2) is 54.0 Å². The number of aryl methyl sites for hydroxylation is 2. The first-order valence-corrected chi connectivity index (χ1v) is 21.6. The maximum Gasteiger partial charge on any atom is 0.333 e. The summed E-state index contributed by atoms with van der Waals surface area (Å²) in [5.41, 5.74) is 4.42. The Kier molecular flexibility index (Phi) is 17.2. The molecule has 0 aliphatic rings. The Balaban J connectivity index is 0.000000335. The number of aromatic nitrogens is 4. The largest absolute Gasteiger partial charge is 0.387 e. The van der Waals surface area contributed by atoms with Crippen LogP contribution in [-0.2, 0) is 34.1 Å². The van der Waals surface area contributed by atoms with Gasteiger partial charge in [0.2, 0.25) is 0 Å². The van der Waals surface area contributed by atoms with Gasteiger partial charge in [0.15, 0.2) is 21.6 Å². The third kappa shape index (κ3) is 13.1. The smallest absolute Gasteiger partial charge is 0.333 e. The molecule has 20 heteroatoms. The van der Waals surface area contributed by atoms with E-state index in [0.29, 0.717) is 21.5 Å². The molecule has 2 amide bonds. The molecule has 2 aromatic carbocycles. The second kappa shape index (κ2) is 20.3. The van der Waals surface area contributed by atoms with Crippen LogP contribution in [0.5, 0.6) is 5.75 Å². The van der Waals surface area contributed by atoms with Crippen LogP contribution < -0.4 is 19.9 Å². The van der Waals surface area contributed by atoms with Gasteiger partial charge >= 0.3 is 6.03 Å². The molecule has 0 spiro atoms. The summed E-state index contributed by atoms with van der Waals surface area (Å²) in [7, 11) is -5.15. The van der Waals surface area contributed by atoms with Gasteiger partial charge in [-0.05, 0) is 59.1 Å². The summed E-state index contributed by atoms with van der Waals surface area (Å²) in [6.45, 7) is 18.7. The minimum absolute atomic E-state index is 0.0482. The van der Waals surface area contributed by atoms with Crippen molar-refractivity contribution in [1.82, 2.24) is 24.3 Å². The maximum atomic E-state index is 12.5. The molecule has 0 saturated carbocycles. The lowest BCUT2D eigenvalue weighted by molar-refractivity contribution is 0.0996. The van der Waals surface area contributed by atoms with Gasteiger partial charge in [0, 0.05) is 66.9 Å². The van der Waals surface area contributed by atoms with E-state index in [1.54, 1.807) is 18.4 Å². The number of nitrogens with one attached hydrogen (secondary N) is 2. The Labute approximate surface area is 350 Å². The van der Waals surface area contributed by atoms with Gasteiger partial charge in [-0.2, -0.15) is 18.6 Å². The molecule has 4 aromatic rings. The summed E-state index contributed by atoms with van der Waals surface area (Å²) in [5, 5.41) is 24.1. The lowest BCUT2D eigenvalue weighted by atomic mass is 9.92. The average molecular weight is 882 g/mol. The number of carbonyl (C=O) groups excluding carboxylic acids is 3. The Morgan fingerprint density at radius 1 is 0.707 bits per heavy atom. The number of amides is 2. The minimum atomic E-state index is -4.26. The van der Waals surface area contributed by atoms with Crippen LogP contribution in [0.3, 0.4) is 0 Å². The van der Waals surface area contributed by atoms with Crippen molar-refractivity contribution in [3.63, 3.8) is 0 Å². The first-order chi connectivity index (χ1) is 26.6. The van der Waals surface area contributed by atoms with E-state index in [1.807, 2.05) is 44.5 Å². The molecule has 0 fully saturated rings. The van der Waals surface area contributed by atoms with Crippen LogP contribution in [0.2, 0.25) is 10.0 Å². The van der Waals surface area contributed by atoms with Crippen molar-refractivity contribution in [2.45, 2.75) is 103 Å². The van der Waals surface area contributed by atoms with Gasteiger partial charge in [0.1, 0.15) is 17.1 Å². The van der Waals surface area contributed by atoms with Crippen molar-refractivity contribution in [1.29, 1.82) is 5.26 Å². The van der Waals surface area contributed by atoms with E-state index in [0.717, 1.165) is 39.1 Å². The predicted octanol–water partition coefficient (Wildman–Crippen LogP) is 7.75. The Morgan fingerprint density at radius 2 is 1.07 bits per heavy atom. The molecule has 0 radical (unpaired) electrons. The third-order valence-corrected chi connectivity index (χ3v) is 10.8. The summed E-state index contributed by atoms with van der Waals surface area (Å²) in [6, 6.07) is 8.58. The molecule has 16 nitrogen and oxygen atoms in total. The fourth-order valence-corrected chi connectivity index (χ4v) is 7.37. The van der Waals surface area contributed by atoms with E-state index in [9.17, 15) is 31.2 Å². The van der Waals surface area contributed by atoms with Gasteiger partial charge < -0.3 is 10.1 Å². The number of nitrogens with two attached hydrogens (primary N) is 1. The lowest BCUT2D eigenvalue weighted by Crippen LogP contribution is -2.35. The number of nitriles is 1. The van der Waals surface area contributed by atoms with E-state index in [-0.39, 0.29) is 51.7 Å². The summed E-state index contributed by atoms with van der Waals surface area (Å²) >= 11 is 12.3. The summed E-state index contributed by atoms with van der Waals surface area (Å²) < 4.78 is 56.1. The van der Waals surface area contributed by atoms with Crippen molar-refractivity contribution in [2.75, 3.05) is 5.32 Å². The number of Topliss-reactive ketones (excluding diaryl/α,β-unsaturated/α-hetero) is 2. The Bertz CT molecular complexity index is 2370. The normalized spacial score (nSPS) is 11.4. The van der Waals surface area contributed by atoms with Crippen molar-refractivity contribution in [3.8, 4) is 12.0 Å². The molecular weight excluding hydrogens is 832 g/mol. The lowest BCUT2D eigenvalue weighted by Gasteiger charge is -2.21. The molecule has 0 unspecified atom stereocenters. The number of ketones is 2. The van der Waals surface area contributed by atoms with Crippen LogP contribution in [0.25, 0.3) is 0 Å². The zero-order valence-corrected chi connectivity index (χ0v) is 37.6. The van der Waals surface area contributed by atoms with Gasteiger partial charge in [0.25, 0.3) is 26.3 Å². The highest BCUT2D eigenvalue weighted by molar-refractivity contribution is 7.90. The number of rotatable bonds is 11. The van der Waals surface area contributed by atoms with Gasteiger partial charge in [-0.15, -0.1) is 5.26 Å². The first-order valence-electron chi connectivity index (χ1n) is 17.8.